The Kier molecular flexibility index (Phi) is 7.98. The number of benzene rings is 2. The maximum absolute atomic E-state index is 13.8. The van der Waals surface area contributed by atoms with Crippen LogP contribution in [0.2, 0.25) is 18.1 Å². The van der Waals surface area contributed by atoms with Crippen LogP contribution in [0.5, 0.6) is 0 Å². The predicted molar refractivity (Wildman–Crippen MR) is 157 cm³/mol. The lowest BCUT2D eigenvalue weighted by Crippen LogP contribution is -2.40. The number of nitrogen functional groups attached to an aromatic ring is 1. The Labute approximate surface area is 224 Å². The molecule has 37 heavy (non-hydrogen) atoms. The second-order valence-electron chi connectivity index (χ2n) is 10.5. The van der Waals surface area contributed by atoms with Gasteiger partial charge < -0.3 is 10.2 Å². The lowest BCUT2D eigenvalue weighted by Gasteiger charge is -2.35. The molecule has 0 bridgehead atoms. The first-order valence-electron chi connectivity index (χ1n) is 12.4. The van der Waals surface area contributed by atoms with Crippen molar-refractivity contribution in [2.75, 3.05) is 12.3 Å². The van der Waals surface area contributed by atoms with Gasteiger partial charge in [-0.15, -0.1) is 11.3 Å². The largest absolute Gasteiger partial charge is 0.416 e. The van der Waals surface area contributed by atoms with Crippen molar-refractivity contribution in [3.8, 4) is 44.5 Å². The molecule has 2 N–H and O–H groups in total. The van der Waals surface area contributed by atoms with Crippen molar-refractivity contribution in [1.82, 2.24) is 4.98 Å². The first-order chi connectivity index (χ1) is 17.6. The van der Waals surface area contributed by atoms with E-state index in [1.54, 1.807) is 23.7 Å². The van der Waals surface area contributed by atoms with Crippen LogP contribution in [-0.4, -0.2) is 19.9 Å². The molecule has 0 aliphatic rings. The van der Waals surface area contributed by atoms with Crippen molar-refractivity contribution in [2.24, 2.45) is 0 Å². The Balaban J connectivity index is 1.80. The standard InChI is InChI=1S/C31H33FN2OSSi/c1-31(2,3)37(4,5)35-21-7-6-8-27-28(22-11-15-26(33)16-12-22)29(23-17-19-34-20-18-23)30(36-27)24-9-13-25(32)14-10-24/h9-20H,7,21,33H2,1-5H3. The van der Waals surface area contributed by atoms with Crippen LogP contribution < -0.4 is 5.73 Å². The molecule has 0 amide bonds. The van der Waals surface area contributed by atoms with Gasteiger partial charge in [0.15, 0.2) is 8.32 Å². The Bertz CT molecular complexity index is 1410. The molecule has 0 aliphatic heterocycles. The number of thiophene rings is 1. The maximum atomic E-state index is 13.8. The van der Waals surface area contributed by atoms with Gasteiger partial charge in [0.25, 0.3) is 0 Å². The van der Waals surface area contributed by atoms with E-state index in [1.807, 2.05) is 48.5 Å². The molecule has 3 nitrogen and oxygen atoms in total. The fraction of sp³-hybridized carbons (Fsp3) is 0.258. The van der Waals surface area contributed by atoms with E-state index in [4.69, 9.17) is 10.2 Å². The summed E-state index contributed by atoms with van der Waals surface area (Å²) in [7, 11) is -1.81. The van der Waals surface area contributed by atoms with Crippen LogP contribution in [0.4, 0.5) is 10.1 Å². The Hall–Kier alpha value is -3.24. The predicted octanol–water partition coefficient (Wildman–Crippen LogP) is 8.63. The van der Waals surface area contributed by atoms with E-state index < -0.39 is 8.32 Å². The number of nitrogens with two attached hydrogens (primary N) is 1. The minimum atomic E-state index is -1.81. The summed E-state index contributed by atoms with van der Waals surface area (Å²) in [5, 5.41) is 0.167. The quantitative estimate of drug-likeness (QED) is 0.118. The Morgan fingerprint density at radius 2 is 1.49 bits per heavy atom. The van der Waals surface area contributed by atoms with Crippen LogP contribution >= 0.6 is 11.3 Å². The third kappa shape index (κ3) is 6.19. The number of hydrogen-bond acceptors (Lipinski definition) is 4. The molecule has 0 saturated carbocycles. The second kappa shape index (κ2) is 11.0. The van der Waals surface area contributed by atoms with E-state index in [0.717, 1.165) is 37.6 Å². The van der Waals surface area contributed by atoms with Crippen LogP contribution in [0.25, 0.3) is 32.7 Å². The van der Waals surface area contributed by atoms with Crippen LogP contribution in [0.3, 0.4) is 0 Å². The zero-order valence-electron chi connectivity index (χ0n) is 22.1. The molecule has 4 aromatic rings. The zero-order valence-corrected chi connectivity index (χ0v) is 23.9. The summed E-state index contributed by atoms with van der Waals surface area (Å²) in [6, 6.07) is 18.5. The molecule has 2 aromatic carbocycles. The van der Waals surface area contributed by atoms with Crippen molar-refractivity contribution in [3.63, 3.8) is 0 Å². The number of nitrogens with zero attached hydrogens (tertiary/aromatic N) is 1. The molecular weight excluding hydrogens is 496 g/mol. The number of rotatable bonds is 6. The molecule has 2 aromatic heterocycles. The van der Waals surface area contributed by atoms with Gasteiger partial charge in [-0.1, -0.05) is 56.9 Å². The maximum Gasteiger partial charge on any atom is 0.192 e. The lowest BCUT2D eigenvalue weighted by molar-refractivity contribution is 0.296. The van der Waals surface area contributed by atoms with E-state index in [9.17, 15) is 4.39 Å². The topological polar surface area (TPSA) is 48.1 Å². The number of halogens is 1. The first kappa shape index (κ1) is 26.8. The summed E-state index contributed by atoms with van der Waals surface area (Å²) in [5.41, 5.74) is 11.8. The van der Waals surface area contributed by atoms with Crippen molar-refractivity contribution >= 4 is 25.3 Å². The van der Waals surface area contributed by atoms with Gasteiger partial charge >= 0.3 is 0 Å². The van der Waals surface area contributed by atoms with Crippen LogP contribution in [0, 0.1) is 17.7 Å². The molecule has 2 heterocycles. The highest BCUT2D eigenvalue weighted by Gasteiger charge is 2.36. The summed E-state index contributed by atoms with van der Waals surface area (Å²) >= 11 is 1.63. The van der Waals surface area contributed by atoms with Crippen LogP contribution in [-0.2, 0) is 4.43 Å². The molecule has 0 aliphatic carbocycles. The van der Waals surface area contributed by atoms with E-state index in [0.29, 0.717) is 18.7 Å². The van der Waals surface area contributed by atoms with Gasteiger partial charge in [0.05, 0.1) is 4.88 Å². The Morgan fingerprint density at radius 3 is 2.11 bits per heavy atom. The summed E-state index contributed by atoms with van der Waals surface area (Å²) in [4.78, 5) is 6.21. The molecule has 190 valence electrons. The SMILES string of the molecule is CC(C)(C)[Si](C)(C)OCCC#Cc1sc(-c2ccc(F)cc2)c(-c2ccncc2)c1-c1ccc(N)cc1. The van der Waals surface area contributed by atoms with E-state index in [2.05, 4.69) is 50.7 Å². The van der Waals surface area contributed by atoms with Crippen LogP contribution in [0.15, 0.2) is 73.1 Å². The monoisotopic (exact) mass is 528 g/mol. The van der Waals surface area contributed by atoms with Crippen molar-refractivity contribution in [1.29, 1.82) is 0 Å². The highest BCUT2D eigenvalue weighted by molar-refractivity contribution is 7.17. The Morgan fingerprint density at radius 1 is 0.892 bits per heavy atom. The zero-order chi connectivity index (χ0) is 26.6. The highest BCUT2D eigenvalue weighted by atomic mass is 32.1. The van der Waals surface area contributed by atoms with Gasteiger partial charge in [0.1, 0.15) is 5.82 Å². The van der Waals surface area contributed by atoms with Gasteiger partial charge in [-0.3, -0.25) is 4.98 Å². The first-order valence-corrected chi connectivity index (χ1v) is 16.1. The molecule has 0 spiro atoms. The molecule has 0 saturated heterocycles. The summed E-state index contributed by atoms with van der Waals surface area (Å²) in [6.45, 7) is 11.9. The molecule has 6 heteroatoms. The third-order valence-electron chi connectivity index (χ3n) is 6.88. The highest BCUT2D eigenvalue weighted by Crippen LogP contribution is 2.47. The molecule has 4 rings (SSSR count). The summed E-state index contributed by atoms with van der Waals surface area (Å²) in [5.74, 6) is 6.55. The minimum absolute atomic E-state index is 0.167. The second-order valence-corrected chi connectivity index (χ2v) is 16.4. The van der Waals surface area contributed by atoms with Gasteiger partial charge in [-0.25, -0.2) is 4.39 Å². The molecule has 0 unspecified atom stereocenters. The molecule has 0 radical (unpaired) electrons. The summed E-state index contributed by atoms with van der Waals surface area (Å²) in [6.07, 6.45) is 4.23. The minimum Gasteiger partial charge on any atom is -0.416 e. The number of aromatic nitrogens is 1. The van der Waals surface area contributed by atoms with Crippen molar-refractivity contribution < 1.29 is 8.82 Å². The van der Waals surface area contributed by atoms with Gasteiger partial charge in [0, 0.05) is 47.1 Å². The van der Waals surface area contributed by atoms with Gasteiger partial charge in [-0.05, 0) is 71.2 Å². The fourth-order valence-electron chi connectivity index (χ4n) is 3.76. The molecule has 0 atom stereocenters. The van der Waals surface area contributed by atoms with Crippen LogP contribution in [0.1, 0.15) is 32.1 Å². The van der Waals surface area contributed by atoms with Crippen molar-refractivity contribution in [3.05, 3.63) is 83.8 Å². The molecular formula is C31H33FN2OSSi. The normalized spacial score (nSPS) is 11.7. The lowest BCUT2D eigenvalue weighted by atomic mass is 9.93. The fourth-order valence-corrected chi connectivity index (χ4v) is 6.03. The average Bonchev–Trinajstić information content (AvgIpc) is 3.24. The number of anilines is 1. The summed E-state index contributed by atoms with van der Waals surface area (Å²) < 4.78 is 20.1. The average molecular weight is 529 g/mol. The van der Waals surface area contributed by atoms with E-state index >= 15 is 0 Å². The van der Waals surface area contributed by atoms with Gasteiger partial charge in [-0.2, -0.15) is 0 Å². The number of hydrogen-bond donors (Lipinski definition) is 1. The smallest absolute Gasteiger partial charge is 0.192 e. The third-order valence-corrected chi connectivity index (χ3v) is 12.6. The number of pyridine rings is 1. The van der Waals surface area contributed by atoms with E-state index in [-0.39, 0.29) is 10.9 Å². The van der Waals surface area contributed by atoms with Gasteiger partial charge in [0.2, 0.25) is 0 Å². The molecule has 0 fully saturated rings. The van der Waals surface area contributed by atoms with Crippen molar-refractivity contribution in [2.45, 2.75) is 45.3 Å². The van der Waals surface area contributed by atoms with E-state index in [1.165, 1.54) is 12.1 Å².